The average Bonchev–Trinajstić information content (AvgIpc) is 2.55. The number of hydrogen-bond donors (Lipinski definition) is 2. The number of nitrogens with zero attached hydrogens (tertiary/aromatic N) is 1. The number of carbonyl (C=O) groups is 1. The van der Waals surface area contributed by atoms with E-state index in [1.807, 2.05) is 0 Å². The number of rotatable bonds is 5. The number of esters is 1. The zero-order valence-electron chi connectivity index (χ0n) is 12.8. The summed E-state index contributed by atoms with van der Waals surface area (Å²) in [7, 11) is -3.16. The van der Waals surface area contributed by atoms with Gasteiger partial charge in [-0.3, -0.25) is 10.1 Å². The average molecular weight is 367 g/mol. The Morgan fingerprint density at radius 3 is 2.28 bits per heavy atom. The maximum atomic E-state index is 11.8. The van der Waals surface area contributed by atoms with Crippen molar-refractivity contribution in [3.8, 4) is 11.5 Å². The van der Waals surface area contributed by atoms with Crippen LogP contribution in [-0.2, 0) is 14.8 Å². The summed E-state index contributed by atoms with van der Waals surface area (Å²) in [6, 6.07) is 7.01. The lowest BCUT2D eigenvalue weighted by atomic mass is 10.2. The molecular formula is C14H13N3O7S. The largest absolute Gasteiger partial charge is 0.465 e. The van der Waals surface area contributed by atoms with Gasteiger partial charge in [-0.25, -0.2) is 18.4 Å². The van der Waals surface area contributed by atoms with Gasteiger partial charge >= 0.3 is 5.97 Å². The normalized spacial score (nSPS) is 11.0. The molecule has 0 aliphatic carbocycles. The topological polar surface area (TPSA) is 165 Å². The number of hydrogen-bond acceptors (Lipinski definition) is 8. The Bertz CT molecular complexity index is 940. The van der Waals surface area contributed by atoms with Crippen molar-refractivity contribution in [2.75, 3.05) is 12.8 Å². The number of non-ortho nitro benzene ring substituents is 1. The highest BCUT2D eigenvalue weighted by atomic mass is 32.2. The molecule has 132 valence electrons. The van der Waals surface area contributed by atoms with Crippen molar-refractivity contribution in [2.45, 2.75) is 4.90 Å². The summed E-state index contributed by atoms with van der Waals surface area (Å²) in [5, 5.41) is 15.8. The van der Waals surface area contributed by atoms with Crippen LogP contribution in [0.4, 0.5) is 11.4 Å². The van der Waals surface area contributed by atoms with Gasteiger partial charge in [0, 0.05) is 12.1 Å². The molecule has 25 heavy (non-hydrogen) atoms. The van der Waals surface area contributed by atoms with Crippen LogP contribution in [0.2, 0.25) is 0 Å². The number of carbonyl (C=O) groups excluding carboxylic acids is 1. The summed E-state index contributed by atoms with van der Waals surface area (Å²) in [5.41, 5.74) is 5.30. The molecule has 0 amide bonds. The van der Waals surface area contributed by atoms with Crippen molar-refractivity contribution < 1.29 is 27.6 Å². The van der Waals surface area contributed by atoms with Gasteiger partial charge < -0.3 is 15.2 Å². The molecule has 0 heterocycles. The van der Waals surface area contributed by atoms with Crippen LogP contribution in [0.1, 0.15) is 10.4 Å². The molecular weight excluding hydrogens is 354 g/mol. The van der Waals surface area contributed by atoms with Crippen molar-refractivity contribution >= 4 is 27.4 Å². The van der Waals surface area contributed by atoms with Gasteiger partial charge in [0.05, 0.1) is 23.3 Å². The number of nitrogens with two attached hydrogens (primary N) is 2. The third-order valence-electron chi connectivity index (χ3n) is 3.08. The highest BCUT2D eigenvalue weighted by molar-refractivity contribution is 7.89. The zero-order chi connectivity index (χ0) is 18.8. The van der Waals surface area contributed by atoms with E-state index in [2.05, 4.69) is 4.74 Å². The minimum atomic E-state index is -4.28. The second-order valence-corrected chi connectivity index (χ2v) is 6.31. The number of methoxy groups -OCH3 is 1. The van der Waals surface area contributed by atoms with E-state index in [4.69, 9.17) is 15.6 Å². The quantitative estimate of drug-likeness (QED) is 0.346. The molecule has 11 heteroatoms. The van der Waals surface area contributed by atoms with Crippen molar-refractivity contribution in [3.05, 3.63) is 52.1 Å². The van der Waals surface area contributed by atoms with E-state index in [1.165, 1.54) is 30.3 Å². The first-order chi connectivity index (χ1) is 11.6. The van der Waals surface area contributed by atoms with Gasteiger partial charge in [0.15, 0.2) is 5.75 Å². The summed E-state index contributed by atoms with van der Waals surface area (Å²) in [6.07, 6.45) is 0. The number of nitro groups is 1. The fraction of sp³-hybridized carbons (Fsp3) is 0.0714. The van der Waals surface area contributed by atoms with Gasteiger partial charge in [0.25, 0.3) is 5.69 Å². The fourth-order valence-corrected chi connectivity index (χ4v) is 2.64. The highest BCUT2D eigenvalue weighted by Gasteiger charge is 2.23. The Morgan fingerprint density at radius 1 is 1.20 bits per heavy atom. The smallest absolute Gasteiger partial charge is 0.337 e. The second-order valence-electron chi connectivity index (χ2n) is 4.78. The zero-order valence-corrected chi connectivity index (χ0v) is 13.6. The van der Waals surface area contributed by atoms with E-state index >= 15 is 0 Å². The molecule has 2 aromatic carbocycles. The molecule has 0 atom stereocenters. The third kappa shape index (κ3) is 4.02. The van der Waals surface area contributed by atoms with Gasteiger partial charge in [-0.1, -0.05) is 0 Å². The lowest BCUT2D eigenvalue weighted by Gasteiger charge is -2.14. The van der Waals surface area contributed by atoms with Crippen LogP contribution in [0.3, 0.4) is 0 Å². The molecule has 2 aromatic rings. The molecule has 0 aromatic heterocycles. The number of anilines is 1. The number of primary sulfonamides is 1. The van der Waals surface area contributed by atoms with E-state index in [-0.39, 0.29) is 28.4 Å². The number of benzene rings is 2. The Labute approximate surface area is 142 Å². The van der Waals surface area contributed by atoms with Crippen LogP contribution in [0, 0.1) is 10.1 Å². The van der Waals surface area contributed by atoms with Gasteiger partial charge in [-0.15, -0.1) is 0 Å². The molecule has 0 spiro atoms. The molecule has 4 N–H and O–H groups in total. The van der Waals surface area contributed by atoms with Crippen molar-refractivity contribution in [1.29, 1.82) is 0 Å². The van der Waals surface area contributed by atoms with E-state index in [0.29, 0.717) is 0 Å². The minimum Gasteiger partial charge on any atom is -0.465 e. The first kappa shape index (κ1) is 18.2. The number of nitrogen functional groups attached to an aromatic ring is 1. The van der Waals surface area contributed by atoms with Gasteiger partial charge in [0.2, 0.25) is 10.0 Å². The SMILES string of the molecule is COC(=O)c1cc(N)c(Oc2ccc([N+](=O)[O-])cc2)c(S(N)(=O)=O)c1. The van der Waals surface area contributed by atoms with Crippen molar-refractivity contribution in [1.82, 2.24) is 0 Å². The summed E-state index contributed by atoms with van der Waals surface area (Å²) in [4.78, 5) is 21.1. The van der Waals surface area contributed by atoms with Crippen molar-refractivity contribution in [3.63, 3.8) is 0 Å². The number of ether oxygens (including phenoxy) is 2. The predicted molar refractivity (Wildman–Crippen MR) is 86.7 cm³/mol. The molecule has 0 saturated heterocycles. The monoisotopic (exact) mass is 367 g/mol. The Balaban J connectivity index is 2.52. The van der Waals surface area contributed by atoms with Crippen LogP contribution in [0.5, 0.6) is 11.5 Å². The Morgan fingerprint density at radius 2 is 1.80 bits per heavy atom. The Hall–Kier alpha value is -3.18. The molecule has 0 aliphatic rings. The van der Waals surface area contributed by atoms with Crippen LogP contribution in [-0.4, -0.2) is 26.4 Å². The molecule has 0 radical (unpaired) electrons. The van der Waals surface area contributed by atoms with Crippen LogP contribution in [0.25, 0.3) is 0 Å². The first-order valence-corrected chi connectivity index (χ1v) is 8.15. The minimum absolute atomic E-state index is 0.0908. The second kappa shape index (κ2) is 6.75. The summed E-state index contributed by atoms with van der Waals surface area (Å²) >= 11 is 0. The first-order valence-electron chi connectivity index (χ1n) is 6.60. The molecule has 2 rings (SSSR count). The molecule has 0 unspecified atom stereocenters. The number of nitro benzene ring substituents is 1. The van der Waals surface area contributed by atoms with Crippen LogP contribution >= 0.6 is 0 Å². The van der Waals surface area contributed by atoms with Crippen molar-refractivity contribution in [2.24, 2.45) is 5.14 Å². The maximum Gasteiger partial charge on any atom is 0.337 e. The summed E-state index contributed by atoms with van der Waals surface area (Å²) in [5.74, 6) is -1.02. The fourth-order valence-electron chi connectivity index (χ4n) is 1.93. The molecule has 0 saturated carbocycles. The predicted octanol–water partition coefficient (Wildman–Crippen LogP) is 1.40. The highest BCUT2D eigenvalue weighted by Crippen LogP contribution is 2.35. The molecule has 0 aliphatic heterocycles. The van der Waals surface area contributed by atoms with E-state index < -0.39 is 25.8 Å². The van der Waals surface area contributed by atoms with Crippen LogP contribution < -0.4 is 15.6 Å². The van der Waals surface area contributed by atoms with Gasteiger partial charge in [-0.2, -0.15) is 0 Å². The number of sulfonamides is 1. The maximum absolute atomic E-state index is 11.8. The van der Waals surface area contributed by atoms with E-state index in [9.17, 15) is 23.3 Å². The van der Waals surface area contributed by atoms with Gasteiger partial charge in [-0.05, 0) is 24.3 Å². The molecule has 10 nitrogen and oxygen atoms in total. The lowest BCUT2D eigenvalue weighted by molar-refractivity contribution is -0.384. The van der Waals surface area contributed by atoms with E-state index in [1.54, 1.807) is 0 Å². The lowest BCUT2D eigenvalue weighted by Crippen LogP contribution is -2.16. The Kier molecular flexibility index (Phi) is 4.90. The third-order valence-corrected chi connectivity index (χ3v) is 3.99. The van der Waals surface area contributed by atoms with Crippen LogP contribution in [0.15, 0.2) is 41.3 Å². The molecule has 0 bridgehead atoms. The summed E-state index contributed by atoms with van der Waals surface area (Å²) < 4.78 is 33.5. The standard InChI is InChI=1S/C14H13N3O7S/c1-23-14(18)8-6-11(15)13(12(7-8)25(16,21)22)24-10-4-2-9(3-5-10)17(19)20/h2-7H,15H2,1H3,(H2,16,21,22). The molecule has 0 fully saturated rings. The summed E-state index contributed by atoms with van der Waals surface area (Å²) in [6.45, 7) is 0. The van der Waals surface area contributed by atoms with E-state index in [0.717, 1.165) is 13.2 Å². The van der Waals surface area contributed by atoms with Gasteiger partial charge in [0.1, 0.15) is 10.6 Å².